The van der Waals surface area contributed by atoms with Crippen LogP contribution in [0.5, 0.6) is 0 Å². The van der Waals surface area contributed by atoms with Gasteiger partial charge in [-0.3, -0.25) is 0 Å². The van der Waals surface area contributed by atoms with Crippen LogP contribution >= 0.6 is 0 Å². The molecule has 3 saturated carbocycles. The lowest BCUT2D eigenvalue weighted by Gasteiger charge is -2.59. The summed E-state index contributed by atoms with van der Waals surface area (Å²) in [5.74, 6) is 3.53. The lowest BCUT2D eigenvalue weighted by Crippen LogP contribution is -2.53. The molecule has 4 rings (SSSR count). The van der Waals surface area contributed by atoms with Crippen molar-refractivity contribution >= 4 is 0 Å². The van der Waals surface area contributed by atoms with Crippen molar-refractivity contribution in [1.82, 2.24) is 0 Å². The van der Waals surface area contributed by atoms with Gasteiger partial charge in [0.15, 0.2) is 0 Å². The molecule has 2 N–H and O–H groups in total. The summed E-state index contributed by atoms with van der Waals surface area (Å²) in [6.45, 7) is 11.8. The Kier molecular flexibility index (Phi) is 5.78. The third-order valence-electron chi connectivity index (χ3n) is 10.3. The minimum atomic E-state index is -0.514. The zero-order valence-corrected chi connectivity index (χ0v) is 19.7. The van der Waals surface area contributed by atoms with Crippen LogP contribution in [0.15, 0.2) is 11.6 Å². The molecule has 0 aromatic heterocycles. The van der Waals surface area contributed by atoms with E-state index in [0.29, 0.717) is 16.7 Å². The van der Waals surface area contributed by atoms with Gasteiger partial charge in [0, 0.05) is 0 Å². The molecule has 4 aliphatic carbocycles. The standard InChI is InChI=1S/C27H46O2/c1-18(2)7-6-14-27(5,29)24-11-10-22-21-9-8-19-17-20(28)12-15-25(19,3)23(21)13-16-26(22,24)4/h8,18,20-24,28-29H,6-7,9-17H2,1-5H3/t20-,21-,22-,23-,24?,25-,26-,27-/m0/s1. The van der Waals surface area contributed by atoms with E-state index in [-0.39, 0.29) is 6.10 Å². The molecule has 166 valence electrons. The fourth-order valence-corrected chi connectivity index (χ4v) is 8.71. The average Bonchev–Trinajstić information content (AvgIpc) is 3.00. The summed E-state index contributed by atoms with van der Waals surface area (Å²) in [4.78, 5) is 0. The minimum Gasteiger partial charge on any atom is -0.393 e. The van der Waals surface area contributed by atoms with E-state index in [9.17, 15) is 10.2 Å². The van der Waals surface area contributed by atoms with Crippen molar-refractivity contribution in [1.29, 1.82) is 0 Å². The molecule has 1 unspecified atom stereocenters. The van der Waals surface area contributed by atoms with Crippen LogP contribution in [0.1, 0.15) is 105 Å². The molecule has 0 aromatic rings. The van der Waals surface area contributed by atoms with Crippen LogP contribution in [0, 0.1) is 40.4 Å². The van der Waals surface area contributed by atoms with E-state index in [4.69, 9.17) is 0 Å². The Morgan fingerprint density at radius 1 is 1.10 bits per heavy atom. The molecule has 3 fully saturated rings. The molecule has 0 radical (unpaired) electrons. The summed E-state index contributed by atoms with van der Waals surface area (Å²) >= 11 is 0. The van der Waals surface area contributed by atoms with Crippen molar-refractivity contribution in [3.05, 3.63) is 11.6 Å². The topological polar surface area (TPSA) is 40.5 Å². The second kappa shape index (κ2) is 7.66. The summed E-state index contributed by atoms with van der Waals surface area (Å²) in [5, 5.41) is 21.8. The predicted molar refractivity (Wildman–Crippen MR) is 121 cm³/mol. The minimum absolute atomic E-state index is 0.114. The molecule has 4 aliphatic rings. The summed E-state index contributed by atoms with van der Waals surface area (Å²) in [6, 6.07) is 0. The summed E-state index contributed by atoms with van der Waals surface area (Å²) in [7, 11) is 0. The third kappa shape index (κ3) is 3.65. The molecule has 0 aliphatic heterocycles. The van der Waals surface area contributed by atoms with Gasteiger partial charge in [0.1, 0.15) is 0 Å². The highest BCUT2D eigenvalue weighted by molar-refractivity contribution is 5.25. The molecule has 0 amide bonds. The first-order valence-corrected chi connectivity index (χ1v) is 12.7. The van der Waals surface area contributed by atoms with E-state index < -0.39 is 5.60 Å². The Bertz CT molecular complexity index is 634. The number of aliphatic hydroxyl groups is 2. The number of hydrogen-bond acceptors (Lipinski definition) is 2. The van der Waals surface area contributed by atoms with E-state index in [1.807, 2.05) is 0 Å². The largest absolute Gasteiger partial charge is 0.393 e. The first-order chi connectivity index (χ1) is 13.6. The second-order valence-corrected chi connectivity index (χ2v) is 12.5. The van der Waals surface area contributed by atoms with Crippen molar-refractivity contribution in [2.75, 3.05) is 0 Å². The van der Waals surface area contributed by atoms with Gasteiger partial charge in [-0.05, 0) is 105 Å². The quantitative estimate of drug-likeness (QED) is 0.515. The normalized spacial score (nSPS) is 46.5. The van der Waals surface area contributed by atoms with Gasteiger partial charge in [0.2, 0.25) is 0 Å². The van der Waals surface area contributed by atoms with Gasteiger partial charge in [0.25, 0.3) is 0 Å². The molecule has 0 bridgehead atoms. The van der Waals surface area contributed by atoms with Gasteiger partial charge in [-0.15, -0.1) is 0 Å². The molecule has 0 spiro atoms. The van der Waals surface area contributed by atoms with Gasteiger partial charge >= 0.3 is 0 Å². The van der Waals surface area contributed by atoms with Gasteiger partial charge in [0.05, 0.1) is 11.7 Å². The van der Waals surface area contributed by atoms with E-state index in [1.54, 1.807) is 5.57 Å². The lowest BCUT2D eigenvalue weighted by atomic mass is 9.46. The van der Waals surface area contributed by atoms with Crippen LogP contribution in [-0.2, 0) is 0 Å². The van der Waals surface area contributed by atoms with Crippen LogP contribution in [0.4, 0.5) is 0 Å². The van der Waals surface area contributed by atoms with Crippen LogP contribution in [0.25, 0.3) is 0 Å². The van der Waals surface area contributed by atoms with E-state index in [2.05, 4.69) is 40.7 Å². The van der Waals surface area contributed by atoms with Crippen molar-refractivity contribution < 1.29 is 10.2 Å². The molecule has 0 aromatic carbocycles. The molecule has 29 heavy (non-hydrogen) atoms. The smallest absolute Gasteiger partial charge is 0.0653 e. The third-order valence-corrected chi connectivity index (χ3v) is 10.3. The van der Waals surface area contributed by atoms with E-state index >= 15 is 0 Å². The molecule has 8 atom stereocenters. The van der Waals surface area contributed by atoms with Gasteiger partial charge < -0.3 is 10.2 Å². The van der Waals surface area contributed by atoms with Crippen LogP contribution in [-0.4, -0.2) is 21.9 Å². The van der Waals surface area contributed by atoms with Crippen molar-refractivity contribution in [3.8, 4) is 0 Å². The van der Waals surface area contributed by atoms with Gasteiger partial charge in [-0.1, -0.05) is 52.2 Å². The highest BCUT2D eigenvalue weighted by Gasteiger charge is 2.61. The Hall–Kier alpha value is -0.340. The average molecular weight is 403 g/mol. The molecule has 0 saturated heterocycles. The number of hydrogen-bond donors (Lipinski definition) is 2. The molecule has 2 heteroatoms. The number of aliphatic hydroxyl groups excluding tert-OH is 1. The summed E-state index contributed by atoms with van der Waals surface area (Å²) in [6.07, 6.45) is 15.2. The zero-order valence-electron chi connectivity index (χ0n) is 19.7. The van der Waals surface area contributed by atoms with Gasteiger partial charge in [-0.25, -0.2) is 0 Å². The fraction of sp³-hybridized carbons (Fsp3) is 0.926. The fourth-order valence-electron chi connectivity index (χ4n) is 8.71. The number of fused-ring (bicyclic) bond motifs is 5. The Balaban J connectivity index is 1.53. The maximum absolute atomic E-state index is 11.6. The second-order valence-electron chi connectivity index (χ2n) is 12.5. The number of rotatable bonds is 5. The number of allylic oxidation sites excluding steroid dienone is 1. The Morgan fingerprint density at radius 2 is 1.86 bits per heavy atom. The van der Waals surface area contributed by atoms with E-state index in [0.717, 1.165) is 49.4 Å². The highest BCUT2D eigenvalue weighted by Crippen LogP contribution is 2.67. The van der Waals surface area contributed by atoms with Crippen LogP contribution in [0.2, 0.25) is 0 Å². The van der Waals surface area contributed by atoms with Crippen molar-refractivity contribution in [2.45, 2.75) is 117 Å². The molecular weight excluding hydrogens is 356 g/mol. The van der Waals surface area contributed by atoms with Crippen molar-refractivity contribution in [3.63, 3.8) is 0 Å². The zero-order chi connectivity index (χ0) is 21.0. The van der Waals surface area contributed by atoms with Crippen LogP contribution < -0.4 is 0 Å². The predicted octanol–water partition coefficient (Wildman–Crippen LogP) is 6.50. The van der Waals surface area contributed by atoms with Gasteiger partial charge in [-0.2, -0.15) is 0 Å². The SMILES string of the molecule is CC(C)CCC[C@](C)(O)C1CC[C@H]2[C@@H]3CC=C4C[C@@H](O)CC[C@]4(C)[C@H]3CC[C@]12C. The van der Waals surface area contributed by atoms with E-state index in [1.165, 1.54) is 44.9 Å². The van der Waals surface area contributed by atoms with Crippen LogP contribution in [0.3, 0.4) is 0 Å². The highest BCUT2D eigenvalue weighted by atomic mass is 16.3. The summed E-state index contributed by atoms with van der Waals surface area (Å²) in [5.41, 5.74) is 1.68. The molecule has 0 heterocycles. The first-order valence-electron chi connectivity index (χ1n) is 12.7. The Morgan fingerprint density at radius 3 is 2.59 bits per heavy atom. The maximum Gasteiger partial charge on any atom is 0.0653 e. The Labute approximate surface area is 179 Å². The monoisotopic (exact) mass is 402 g/mol. The first kappa shape index (κ1) is 21.9. The summed E-state index contributed by atoms with van der Waals surface area (Å²) < 4.78 is 0. The molecule has 2 nitrogen and oxygen atoms in total. The molecular formula is C27H46O2. The lowest BCUT2D eigenvalue weighted by molar-refractivity contribution is -0.105. The maximum atomic E-state index is 11.6. The van der Waals surface area contributed by atoms with Crippen molar-refractivity contribution in [2.24, 2.45) is 40.4 Å².